The molecule has 0 unspecified atom stereocenters. The average Bonchev–Trinajstić information content (AvgIpc) is 3.22. The third-order valence-electron chi connectivity index (χ3n) is 6.17. The highest BCUT2D eigenvalue weighted by atomic mass is 16.5. The van der Waals surface area contributed by atoms with Crippen LogP contribution in [0.15, 0.2) is 48.7 Å². The van der Waals surface area contributed by atoms with Gasteiger partial charge in [0.25, 0.3) is 0 Å². The zero-order valence-electron chi connectivity index (χ0n) is 17.0. The van der Waals surface area contributed by atoms with Gasteiger partial charge in [-0.3, -0.25) is 0 Å². The van der Waals surface area contributed by atoms with Gasteiger partial charge >= 0.3 is 0 Å². The van der Waals surface area contributed by atoms with Gasteiger partial charge in [0.15, 0.2) is 0 Å². The number of rotatable bonds is 8. The van der Waals surface area contributed by atoms with Gasteiger partial charge < -0.3 is 15.0 Å². The number of aromatic amines is 1. The Morgan fingerprint density at radius 2 is 1.79 bits per heavy atom. The fourth-order valence-corrected chi connectivity index (χ4v) is 4.48. The molecule has 3 nitrogen and oxygen atoms in total. The lowest BCUT2D eigenvalue weighted by Crippen LogP contribution is -2.24. The summed E-state index contributed by atoms with van der Waals surface area (Å²) < 4.78 is 5.91. The molecule has 1 fully saturated rings. The van der Waals surface area contributed by atoms with E-state index >= 15 is 0 Å². The normalized spacial score (nSPS) is 15.2. The molecule has 1 aliphatic rings. The van der Waals surface area contributed by atoms with Crippen molar-refractivity contribution in [3.63, 3.8) is 0 Å². The first-order valence-corrected chi connectivity index (χ1v) is 10.8. The van der Waals surface area contributed by atoms with E-state index in [1.165, 1.54) is 66.1 Å². The number of benzene rings is 2. The van der Waals surface area contributed by atoms with Crippen LogP contribution in [0.5, 0.6) is 5.75 Å². The first-order chi connectivity index (χ1) is 13.8. The van der Waals surface area contributed by atoms with Gasteiger partial charge in [-0.2, -0.15) is 0 Å². The first kappa shape index (κ1) is 19.1. The highest BCUT2D eigenvalue weighted by molar-refractivity contribution is 5.89. The van der Waals surface area contributed by atoms with Crippen molar-refractivity contribution >= 4 is 10.9 Å². The molecule has 0 atom stereocenters. The second-order valence-electron chi connectivity index (χ2n) is 8.09. The van der Waals surface area contributed by atoms with E-state index in [1.807, 2.05) is 6.20 Å². The van der Waals surface area contributed by atoms with E-state index in [0.717, 1.165) is 31.4 Å². The molecular formula is C25H32N2O. The van der Waals surface area contributed by atoms with E-state index < -0.39 is 0 Å². The monoisotopic (exact) mass is 376 g/mol. The molecule has 3 heteroatoms. The molecule has 0 saturated heterocycles. The molecule has 0 bridgehead atoms. The number of H-pyrrole nitrogens is 1. The van der Waals surface area contributed by atoms with Gasteiger partial charge in [0.2, 0.25) is 0 Å². The molecule has 2 aromatic carbocycles. The molecule has 0 amide bonds. The largest absolute Gasteiger partial charge is 0.492 e. The number of hydrogen-bond acceptors (Lipinski definition) is 2. The first-order valence-electron chi connectivity index (χ1n) is 10.8. The Bertz CT molecular complexity index is 875. The number of hydrogen-bond donors (Lipinski definition) is 2. The van der Waals surface area contributed by atoms with E-state index in [4.69, 9.17) is 4.74 Å². The summed E-state index contributed by atoms with van der Waals surface area (Å²) >= 11 is 0. The van der Waals surface area contributed by atoms with Gasteiger partial charge in [0, 0.05) is 23.6 Å². The third kappa shape index (κ3) is 4.59. The third-order valence-corrected chi connectivity index (χ3v) is 6.17. The van der Waals surface area contributed by atoms with Crippen LogP contribution in [0.3, 0.4) is 0 Å². The fourth-order valence-electron chi connectivity index (χ4n) is 4.48. The molecule has 148 valence electrons. The second-order valence-corrected chi connectivity index (χ2v) is 8.09. The Morgan fingerprint density at radius 3 is 2.61 bits per heavy atom. The summed E-state index contributed by atoms with van der Waals surface area (Å²) in [6.07, 6.45) is 10.5. The molecule has 1 heterocycles. The van der Waals surface area contributed by atoms with E-state index in [1.54, 1.807) is 0 Å². The smallest absolute Gasteiger partial charge is 0.119 e. The Hall–Kier alpha value is -2.26. The lowest BCUT2D eigenvalue weighted by atomic mass is 9.87. The van der Waals surface area contributed by atoms with Gasteiger partial charge in [0.1, 0.15) is 12.4 Å². The summed E-state index contributed by atoms with van der Waals surface area (Å²) in [4.78, 5) is 3.28. The van der Waals surface area contributed by atoms with Gasteiger partial charge in [-0.15, -0.1) is 0 Å². The van der Waals surface area contributed by atoms with E-state index in [0.29, 0.717) is 0 Å². The van der Waals surface area contributed by atoms with Gasteiger partial charge in [-0.1, -0.05) is 50.3 Å². The van der Waals surface area contributed by atoms with Crippen LogP contribution in [0.1, 0.15) is 44.1 Å². The van der Waals surface area contributed by atoms with Crippen molar-refractivity contribution in [2.24, 2.45) is 5.92 Å². The summed E-state index contributed by atoms with van der Waals surface area (Å²) in [5.74, 6) is 1.89. The number of ether oxygens (including phenoxy) is 1. The Balaban J connectivity index is 1.23. The van der Waals surface area contributed by atoms with Crippen molar-refractivity contribution < 1.29 is 4.74 Å². The van der Waals surface area contributed by atoms with Gasteiger partial charge in [-0.05, 0) is 66.8 Å². The summed E-state index contributed by atoms with van der Waals surface area (Å²) in [6, 6.07) is 15.0. The Labute approximate surface area is 168 Å². The number of nitrogens with one attached hydrogen (secondary N) is 2. The zero-order chi connectivity index (χ0) is 19.2. The predicted octanol–water partition coefficient (Wildman–Crippen LogP) is 6.08. The molecule has 0 spiro atoms. The molecule has 3 aromatic rings. The van der Waals surface area contributed by atoms with Crippen LogP contribution in [-0.2, 0) is 0 Å². The molecule has 1 aliphatic carbocycles. The topological polar surface area (TPSA) is 37.0 Å². The summed E-state index contributed by atoms with van der Waals surface area (Å²) in [7, 11) is 0. The molecule has 0 aliphatic heterocycles. The van der Waals surface area contributed by atoms with Gasteiger partial charge in [0.05, 0.1) is 0 Å². The SMILES string of the molecule is Cc1c(-c2ccc(OCCNCCC3CCCCC3)cc2)ccc2[nH]ccc12. The lowest BCUT2D eigenvalue weighted by Gasteiger charge is -2.21. The van der Waals surface area contributed by atoms with Crippen LogP contribution in [0.2, 0.25) is 0 Å². The van der Waals surface area contributed by atoms with Crippen molar-refractivity contribution in [1.82, 2.24) is 10.3 Å². The minimum Gasteiger partial charge on any atom is -0.492 e. The van der Waals surface area contributed by atoms with E-state index in [-0.39, 0.29) is 0 Å². The highest BCUT2D eigenvalue weighted by Crippen LogP contribution is 2.30. The lowest BCUT2D eigenvalue weighted by molar-refractivity contribution is 0.301. The second kappa shape index (κ2) is 9.29. The van der Waals surface area contributed by atoms with Crippen molar-refractivity contribution in [2.75, 3.05) is 19.7 Å². The molecule has 1 saturated carbocycles. The average molecular weight is 377 g/mol. The molecule has 4 rings (SSSR count). The van der Waals surface area contributed by atoms with E-state index in [9.17, 15) is 0 Å². The minimum atomic E-state index is 0.721. The Kier molecular flexibility index (Phi) is 6.33. The number of fused-ring (bicyclic) bond motifs is 1. The van der Waals surface area contributed by atoms with Crippen molar-refractivity contribution in [3.8, 4) is 16.9 Å². The van der Waals surface area contributed by atoms with Crippen molar-refractivity contribution in [2.45, 2.75) is 45.4 Å². The molecule has 0 radical (unpaired) electrons. The van der Waals surface area contributed by atoms with Crippen molar-refractivity contribution in [1.29, 1.82) is 0 Å². The maximum atomic E-state index is 5.91. The van der Waals surface area contributed by atoms with Crippen molar-refractivity contribution in [3.05, 3.63) is 54.2 Å². The minimum absolute atomic E-state index is 0.721. The van der Waals surface area contributed by atoms with Crippen LogP contribution in [-0.4, -0.2) is 24.7 Å². The van der Waals surface area contributed by atoms with E-state index in [2.05, 4.69) is 59.7 Å². The van der Waals surface area contributed by atoms with Crippen LogP contribution < -0.4 is 10.1 Å². The Morgan fingerprint density at radius 1 is 0.964 bits per heavy atom. The quantitative estimate of drug-likeness (QED) is 0.467. The summed E-state index contributed by atoms with van der Waals surface area (Å²) in [5.41, 5.74) is 5.02. The zero-order valence-corrected chi connectivity index (χ0v) is 17.0. The number of aromatic nitrogens is 1. The number of aryl methyl sites for hydroxylation is 1. The van der Waals surface area contributed by atoms with Crippen LogP contribution in [0.4, 0.5) is 0 Å². The maximum Gasteiger partial charge on any atom is 0.119 e. The molecule has 1 aromatic heterocycles. The fraction of sp³-hybridized carbons (Fsp3) is 0.440. The molecular weight excluding hydrogens is 344 g/mol. The van der Waals surface area contributed by atoms with Crippen LogP contribution in [0, 0.1) is 12.8 Å². The molecule has 28 heavy (non-hydrogen) atoms. The highest BCUT2D eigenvalue weighted by Gasteiger charge is 2.12. The maximum absolute atomic E-state index is 5.91. The molecule has 2 N–H and O–H groups in total. The van der Waals surface area contributed by atoms with Gasteiger partial charge in [-0.25, -0.2) is 0 Å². The summed E-state index contributed by atoms with van der Waals surface area (Å²) in [5, 5.41) is 4.82. The van der Waals surface area contributed by atoms with Crippen LogP contribution >= 0.6 is 0 Å². The van der Waals surface area contributed by atoms with Crippen LogP contribution in [0.25, 0.3) is 22.0 Å². The summed E-state index contributed by atoms with van der Waals surface area (Å²) in [6.45, 7) is 4.94. The predicted molar refractivity (Wildman–Crippen MR) is 118 cm³/mol. The standard InChI is InChI=1S/C25H32N2O/c1-19-23(11-12-25-24(19)14-16-27-25)21-7-9-22(10-8-21)28-18-17-26-15-13-20-5-3-2-4-6-20/h7-12,14,16,20,26-27H,2-6,13,15,17-18H2,1H3.